The van der Waals surface area contributed by atoms with Crippen LogP contribution in [0.25, 0.3) is 0 Å². The van der Waals surface area contributed by atoms with Crippen molar-refractivity contribution in [3.63, 3.8) is 0 Å². The molecule has 0 aliphatic carbocycles. The third kappa shape index (κ3) is 5.73. The maximum Gasteiger partial charge on any atom is 0.261 e. The molecule has 0 amide bonds. The summed E-state index contributed by atoms with van der Waals surface area (Å²) in [5, 5.41) is 5.43. The van der Waals surface area contributed by atoms with Gasteiger partial charge in [-0.05, 0) is 46.8 Å². The molecule has 1 aromatic heterocycles. The van der Waals surface area contributed by atoms with Crippen LogP contribution in [0.2, 0.25) is 0 Å². The van der Waals surface area contributed by atoms with Crippen molar-refractivity contribution >= 4 is 27.3 Å². The van der Waals surface area contributed by atoms with Crippen LogP contribution in [0.15, 0.2) is 15.9 Å². The lowest BCUT2D eigenvalue weighted by molar-refractivity contribution is 0.0144. The third-order valence-electron chi connectivity index (χ3n) is 2.40. The molecule has 0 aromatic carbocycles. The topological polar surface area (TPSA) is 21.3 Å². The predicted molar refractivity (Wildman–Crippen MR) is 74.5 cm³/mol. The van der Waals surface area contributed by atoms with Gasteiger partial charge in [-0.25, -0.2) is 8.78 Å². The van der Waals surface area contributed by atoms with E-state index in [1.165, 1.54) is 4.88 Å². The van der Waals surface area contributed by atoms with Gasteiger partial charge in [-0.15, -0.1) is 11.3 Å². The van der Waals surface area contributed by atoms with Crippen molar-refractivity contribution < 1.29 is 13.5 Å². The van der Waals surface area contributed by atoms with E-state index < -0.39 is 13.0 Å². The van der Waals surface area contributed by atoms with Crippen molar-refractivity contribution in [2.45, 2.75) is 32.2 Å². The first-order valence-electron chi connectivity index (χ1n) is 5.97. The van der Waals surface area contributed by atoms with Gasteiger partial charge in [0.2, 0.25) is 0 Å². The minimum atomic E-state index is -2.39. The maximum atomic E-state index is 12.0. The Kier molecular flexibility index (Phi) is 7.97. The molecule has 1 N–H and O–H groups in total. The molecule has 0 radical (unpaired) electrons. The summed E-state index contributed by atoms with van der Waals surface area (Å²) in [5.74, 6) is 0. The minimum absolute atomic E-state index is 0.164. The third-order valence-corrected chi connectivity index (χ3v) is 4.38. The van der Waals surface area contributed by atoms with Gasteiger partial charge in [0, 0.05) is 22.0 Å². The van der Waals surface area contributed by atoms with Crippen LogP contribution in [-0.2, 0) is 4.74 Å². The molecule has 18 heavy (non-hydrogen) atoms. The Morgan fingerprint density at radius 3 is 2.83 bits per heavy atom. The summed E-state index contributed by atoms with van der Waals surface area (Å²) in [5.41, 5.74) is 0. The van der Waals surface area contributed by atoms with Gasteiger partial charge in [0.25, 0.3) is 6.43 Å². The van der Waals surface area contributed by atoms with E-state index in [1.807, 2.05) is 11.4 Å². The Morgan fingerprint density at radius 1 is 1.50 bits per heavy atom. The Morgan fingerprint density at radius 2 is 2.28 bits per heavy atom. The van der Waals surface area contributed by atoms with Crippen molar-refractivity contribution in [3.05, 3.63) is 20.8 Å². The highest BCUT2D eigenvalue weighted by atomic mass is 79.9. The summed E-state index contributed by atoms with van der Waals surface area (Å²) in [6.45, 7) is 2.87. The van der Waals surface area contributed by atoms with E-state index in [4.69, 9.17) is 4.74 Å². The lowest BCUT2D eigenvalue weighted by Crippen LogP contribution is -2.23. The normalized spacial score (nSPS) is 13.2. The standard InChI is InChI=1S/C12H18BrF2NOS/c1-2-5-16-10(3-6-17-8-11(14)15)12-9(13)4-7-18-12/h4,7,10-11,16H,2-3,5-6,8H2,1H3. The van der Waals surface area contributed by atoms with Crippen LogP contribution in [0.4, 0.5) is 8.78 Å². The van der Waals surface area contributed by atoms with Gasteiger partial charge in [-0.1, -0.05) is 6.92 Å². The Balaban J connectivity index is 2.44. The van der Waals surface area contributed by atoms with Crippen molar-refractivity contribution in [2.24, 2.45) is 0 Å². The first-order chi connectivity index (χ1) is 8.65. The highest BCUT2D eigenvalue weighted by molar-refractivity contribution is 9.10. The van der Waals surface area contributed by atoms with Crippen LogP contribution in [0.5, 0.6) is 0 Å². The van der Waals surface area contributed by atoms with Gasteiger partial charge >= 0.3 is 0 Å². The fraction of sp³-hybridized carbons (Fsp3) is 0.667. The van der Waals surface area contributed by atoms with E-state index in [0.29, 0.717) is 13.0 Å². The molecule has 1 atom stereocenters. The van der Waals surface area contributed by atoms with E-state index in [2.05, 4.69) is 28.2 Å². The highest BCUT2D eigenvalue weighted by Crippen LogP contribution is 2.30. The number of thiophene rings is 1. The van der Waals surface area contributed by atoms with Gasteiger partial charge in [0.05, 0.1) is 0 Å². The van der Waals surface area contributed by atoms with E-state index in [9.17, 15) is 8.78 Å². The Bertz CT molecular complexity index is 336. The Hall–Kier alpha value is -0.0400. The van der Waals surface area contributed by atoms with Crippen molar-refractivity contribution in [2.75, 3.05) is 19.8 Å². The first kappa shape index (κ1) is 16.0. The van der Waals surface area contributed by atoms with Crippen molar-refractivity contribution in [1.29, 1.82) is 0 Å². The minimum Gasteiger partial charge on any atom is -0.375 e. The van der Waals surface area contributed by atoms with Gasteiger partial charge in [-0.3, -0.25) is 0 Å². The molecule has 0 fully saturated rings. The number of ether oxygens (including phenoxy) is 1. The fourth-order valence-corrected chi connectivity index (χ4v) is 3.33. The van der Waals surface area contributed by atoms with Crippen LogP contribution >= 0.6 is 27.3 Å². The van der Waals surface area contributed by atoms with Gasteiger partial charge in [0.15, 0.2) is 0 Å². The van der Waals surface area contributed by atoms with Crippen LogP contribution in [0.1, 0.15) is 30.7 Å². The summed E-state index contributed by atoms with van der Waals surface area (Å²) < 4.78 is 29.9. The van der Waals surface area contributed by atoms with Gasteiger partial charge < -0.3 is 10.1 Å². The molecule has 0 spiro atoms. The number of halogens is 3. The number of nitrogens with one attached hydrogen (secondary N) is 1. The van der Waals surface area contributed by atoms with E-state index in [1.54, 1.807) is 11.3 Å². The second-order valence-electron chi connectivity index (χ2n) is 3.89. The second kappa shape index (κ2) is 8.96. The van der Waals surface area contributed by atoms with Crippen LogP contribution in [0, 0.1) is 0 Å². The smallest absolute Gasteiger partial charge is 0.261 e. The quantitative estimate of drug-likeness (QED) is 0.679. The number of hydrogen-bond acceptors (Lipinski definition) is 3. The van der Waals surface area contributed by atoms with Crippen LogP contribution in [-0.4, -0.2) is 26.2 Å². The fourth-order valence-electron chi connectivity index (χ4n) is 1.57. The SMILES string of the molecule is CCCNC(CCOCC(F)F)c1sccc1Br. The zero-order valence-electron chi connectivity index (χ0n) is 10.3. The molecule has 0 saturated heterocycles. The average molecular weight is 342 g/mol. The van der Waals surface area contributed by atoms with E-state index in [0.717, 1.165) is 17.4 Å². The molecule has 2 nitrogen and oxygen atoms in total. The first-order valence-corrected chi connectivity index (χ1v) is 7.64. The monoisotopic (exact) mass is 341 g/mol. The molecule has 0 bridgehead atoms. The number of rotatable bonds is 9. The second-order valence-corrected chi connectivity index (χ2v) is 5.70. The molecule has 6 heteroatoms. The molecule has 0 aliphatic rings. The average Bonchev–Trinajstić information content (AvgIpc) is 2.74. The highest BCUT2D eigenvalue weighted by Gasteiger charge is 2.15. The predicted octanol–water partition coefficient (Wildman–Crippen LogP) is 4.22. The Labute approximate surface area is 119 Å². The number of alkyl halides is 2. The number of hydrogen-bond donors (Lipinski definition) is 1. The van der Waals surface area contributed by atoms with Crippen LogP contribution < -0.4 is 5.32 Å². The van der Waals surface area contributed by atoms with E-state index >= 15 is 0 Å². The van der Waals surface area contributed by atoms with Gasteiger partial charge in [0.1, 0.15) is 6.61 Å². The molecule has 104 valence electrons. The maximum absolute atomic E-state index is 12.0. The van der Waals surface area contributed by atoms with Gasteiger partial charge in [-0.2, -0.15) is 0 Å². The summed E-state index contributed by atoms with van der Waals surface area (Å²) in [4.78, 5) is 1.20. The molecular formula is C12H18BrF2NOS. The summed E-state index contributed by atoms with van der Waals surface area (Å²) in [6.07, 6.45) is -0.649. The lowest BCUT2D eigenvalue weighted by atomic mass is 10.1. The molecule has 0 saturated carbocycles. The molecular weight excluding hydrogens is 324 g/mol. The lowest BCUT2D eigenvalue weighted by Gasteiger charge is -2.18. The summed E-state index contributed by atoms with van der Waals surface area (Å²) >= 11 is 5.16. The molecule has 1 heterocycles. The molecule has 1 aromatic rings. The van der Waals surface area contributed by atoms with Crippen molar-refractivity contribution in [3.8, 4) is 0 Å². The summed E-state index contributed by atoms with van der Waals surface area (Å²) in [6, 6.07) is 2.16. The summed E-state index contributed by atoms with van der Waals surface area (Å²) in [7, 11) is 0. The largest absolute Gasteiger partial charge is 0.375 e. The zero-order chi connectivity index (χ0) is 13.4. The molecule has 1 unspecified atom stereocenters. The zero-order valence-corrected chi connectivity index (χ0v) is 12.7. The van der Waals surface area contributed by atoms with Crippen LogP contribution in [0.3, 0.4) is 0 Å². The molecule has 1 rings (SSSR count). The van der Waals surface area contributed by atoms with Crippen molar-refractivity contribution in [1.82, 2.24) is 5.32 Å². The molecule has 0 aliphatic heterocycles. The van der Waals surface area contributed by atoms with E-state index in [-0.39, 0.29) is 6.04 Å².